The summed E-state index contributed by atoms with van der Waals surface area (Å²) in [5.41, 5.74) is 0.416. The molecule has 17 nitrogen and oxygen atoms in total. The Hall–Kier alpha value is -6.43. The zero-order chi connectivity index (χ0) is 44.7. The molecule has 1 saturated carbocycles. The van der Waals surface area contributed by atoms with Crippen LogP contribution in [0.5, 0.6) is 17.2 Å². The molecule has 8 rings (SSSR count). The lowest BCUT2D eigenvalue weighted by atomic mass is 9.49. The fourth-order valence-electron chi connectivity index (χ4n) is 9.84. The van der Waals surface area contributed by atoms with Crippen molar-refractivity contribution in [2.24, 2.45) is 23.7 Å². The maximum atomic E-state index is 15.6. The summed E-state index contributed by atoms with van der Waals surface area (Å²) in [5, 5.41) is 36.6. The number of fused-ring (bicyclic) bond motifs is 4. The van der Waals surface area contributed by atoms with E-state index in [4.69, 9.17) is 44.3 Å². The first-order valence-corrected chi connectivity index (χ1v) is 20.1. The predicted octanol–water partition coefficient (Wildman–Crippen LogP) is 7.44. The highest BCUT2D eigenvalue weighted by Crippen LogP contribution is 2.65. The van der Waals surface area contributed by atoms with E-state index in [0.29, 0.717) is 27.5 Å². The average Bonchev–Trinajstić information content (AvgIpc) is 3.62. The number of nitrogens with zero attached hydrogens (tertiary/aromatic N) is 5. The molecule has 320 valence electrons. The highest BCUT2D eigenvalue weighted by Gasteiger charge is 2.70. The number of hydrazine groups is 1. The van der Waals surface area contributed by atoms with Crippen molar-refractivity contribution in [3.63, 3.8) is 0 Å². The molecule has 62 heavy (non-hydrogen) atoms. The van der Waals surface area contributed by atoms with Gasteiger partial charge in [0.1, 0.15) is 5.75 Å². The van der Waals surface area contributed by atoms with Crippen molar-refractivity contribution in [3.8, 4) is 17.2 Å². The van der Waals surface area contributed by atoms with Gasteiger partial charge in [0.05, 0.1) is 68.7 Å². The first-order valence-electron chi connectivity index (χ1n) is 19.0. The second-order valence-electron chi connectivity index (χ2n) is 15.5. The van der Waals surface area contributed by atoms with Crippen LogP contribution in [0.4, 0.5) is 28.4 Å². The first kappa shape index (κ1) is 42.3. The third-order valence-corrected chi connectivity index (χ3v) is 13.2. The second-order valence-corrected chi connectivity index (χ2v) is 16.8. The molecular weight excluding hydrogens is 871 g/mol. The number of nitrogens with one attached hydrogen (secondary N) is 1. The van der Waals surface area contributed by atoms with Gasteiger partial charge in [-0.25, -0.2) is 4.90 Å². The quantitative estimate of drug-likeness (QED) is 0.0686. The lowest BCUT2D eigenvalue weighted by molar-refractivity contribution is -0.392. The van der Waals surface area contributed by atoms with Crippen LogP contribution in [0.15, 0.2) is 78.4 Å². The number of hydrogen-bond donors (Lipinski definition) is 2. The van der Waals surface area contributed by atoms with E-state index in [1.807, 2.05) is 0 Å². The van der Waals surface area contributed by atoms with E-state index in [0.717, 1.165) is 22.0 Å². The Balaban J connectivity index is 1.34. The van der Waals surface area contributed by atoms with E-state index in [9.17, 15) is 34.9 Å². The summed E-state index contributed by atoms with van der Waals surface area (Å²) in [6, 6.07) is 15.9. The molecule has 4 aromatic rings. The Morgan fingerprint density at radius 2 is 1.50 bits per heavy atom. The fraction of sp³-hybridized carbons (Fsp3) is 0.286. The van der Waals surface area contributed by atoms with Crippen LogP contribution in [-0.4, -0.2) is 71.9 Å². The molecule has 20 heteroatoms. The van der Waals surface area contributed by atoms with Crippen LogP contribution >= 0.6 is 34.8 Å². The summed E-state index contributed by atoms with van der Waals surface area (Å²) in [5.74, 6) is -8.44. The molecule has 2 heterocycles. The zero-order valence-electron chi connectivity index (χ0n) is 33.1. The van der Waals surface area contributed by atoms with Gasteiger partial charge in [0, 0.05) is 37.2 Å². The molecule has 0 aromatic heterocycles. The van der Waals surface area contributed by atoms with Crippen molar-refractivity contribution in [2.45, 2.75) is 24.2 Å². The summed E-state index contributed by atoms with van der Waals surface area (Å²) in [4.78, 5) is 84.8. The number of imide groups is 2. The van der Waals surface area contributed by atoms with Gasteiger partial charge < -0.3 is 19.5 Å². The molecule has 0 bridgehead atoms. The van der Waals surface area contributed by atoms with Crippen LogP contribution in [0.1, 0.15) is 29.9 Å². The van der Waals surface area contributed by atoms with Crippen LogP contribution in [0.2, 0.25) is 15.1 Å². The standard InChI is InChI=1S/C42H35Cl3N6O11/c1-47(2)36-31(50(57)58)16-22(17-32(36)51(59)60)48-38(53)25-11-10-24-26(34(25)40(48)55)18-27-39(54)49(46-30-12-7-21(43)15-28(30)44)41(56)42(27,20-5-8-23(61-3)9-6-20)35(24)19-13-29(45)37(52)33(14-19)62-4/h5-10,12-17,25-27,34-35,46,52H,11,18H2,1-4H3. The summed E-state index contributed by atoms with van der Waals surface area (Å²) >= 11 is 19.4. The smallest absolute Gasteiger partial charge is 0.301 e. The number of phenolic OH excluding ortho intramolecular Hbond substituents is 1. The lowest BCUT2D eigenvalue weighted by Gasteiger charge is -2.50. The predicted molar refractivity (Wildman–Crippen MR) is 227 cm³/mol. The molecule has 4 aromatic carbocycles. The third kappa shape index (κ3) is 6.28. The topological polar surface area (TPSA) is 215 Å². The fourth-order valence-corrected chi connectivity index (χ4v) is 10.5. The third-order valence-electron chi connectivity index (χ3n) is 12.3. The highest BCUT2D eigenvalue weighted by molar-refractivity contribution is 6.36. The number of allylic oxidation sites excluding steroid dienone is 2. The average molecular weight is 906 g/mol. The number of halogens is 3. The van der Waals surface area contributed by atoms with Crippen LogP contribution in [0.25, 0.3) is 0 Å². The number of phenols is 1. The Morgan fingerprint density at radius 3 is 2.08 bits per heavy atom. The van der Waals surface area contributed by atoms with Gasteiger partial charge in [-0.1, -0.05) is 58.6 Å². The van der Waals surface area contributed by atoms with Crippen molar-refractivity contribution in [1.82, 2.24) is 5.01 Å². The number of ether oxygens (including phenoxy) is 2. The normalized spacial score (nSPS) is 24.0. The van der Waals surface area contributed by atoms with Crippen molar-refractivity contribution in [3.05, 3.63) is 125 Å². The van der Waals surface area contributed by atoms with Crippen LogP contribution in [0.3, 0.4) is 0 Å². The van der Waals surface area contributed by atoms with Crippen LogP contribution in [0, 0.1) is 43.9 Å². The number of hydrogen-bond acceptors (Lipinski definition) is 13. The molecule has 2 saturated heterocycles. The number of nitro benzene ring substituents is 2. The molecule has 2 aliphatic heterocycles. The molecule has 3 fully saturated rings. The summed E-state index contributed by atoms with van der Waals surface area (Å²) in [6.45, 7) is 0. The Labute approximate surface area is 367 Å². The number of carbonyl (C=O) groups is 4. The van der Waals surface area contributed by atoms with E-state index in [1.165, 1.54) is 63.5 Å². The Kier molecular flexibility index (Phi) is 10.6. The van der Waals surface area contributed by atoms with Gasteiger partial charge in [-0.15, -0.1) is 0 Å². The molecule has 2 aliphatic carbocycles. The molecule has 2 N–H and O–H groups in total. The number of benzene rings is 4. The molecule has 4 amide bonds. The Morgan fingerprint density at radius 1 is 0.839 bits per heavy atom. The molecule has 0 spiro atoms. The van der Waals surface area contributed by atoms with E-state index in [2.05, 4.69) is 5.43 Å². The van der Waals surface area contributed by atoms with Gasteiger partial charge in [0.2, 0.25) is 11.8 Å². The number of amides is 4. The highest BCUT2D eigenvalue weighted by atomic mass is 35.5. The number of anilines is 3. The number of nitro groups is 2. The molecular formula is C42H35Cl3N6O11. The number of aromatic hydroxyl groups is 1. The summed E-state index contributed by atoms with van der Waals surface area (Å²) < 4.78 is 11.0. The lowest BCUT2D eigenvalue weighted by Crippen LogP contribution is -2.53. The van der Waals surface area contributed by atoms with Gasteiger partial charge in [-0.3, -0.25) is 44.8 Å². The van der Waals surface area contributed by atoms with Crippen molar-refractivity contribution in [1.29, 1.82) is 0 Å². The monoisotopic (exact) mass is 904 g/mol. The second kappa shape index (κ2) is 15.5. The SMILES string of the molecule is COc1ccc(C23C(=O)N(Nc4ccc(Cl)cc4Cl)C(=O)C2CC2C(=CCC4C(=O)N(c5cc([N+](=O)[O-])c(N(C)C)c([N+](=O)[O-])c5)C(=O)C42)C3c2cc(Cl)c(O)c(OC)c2)cc1. The van der Waals surface area contributed by atoms with Crippen molar-refractivity contribution in [2.75, 3.05) is 43.5 Å². The number of carbonyl (C=O) groups excluding carboxylic acids is 4. The van der Waals surface area contributed by atoms with Gasteiger partial charge in [0.25, 0.3) is 11.8 Å². The van der Waals surface area contributed by atoms with Gasteiger partial charge in [-0.2, -0.15) is 5.01 Å². The van der Waals surface area contributed by atoms with E-state index < -0.39 is 79.9 Å². The summed E-state index contributed by atoms with van der Waals surface area (Å²) in [6.07, 6.45) is 1.55. The van der Waals surface area contributed by atoms with Gasteiger partial charge in [-0.05, 0) is 72.4 Å². The van der Waals surface area contributed by atoms with Crippen molar-refractivity contribution >= 4 is 86.9 Å². The van der Waals surface area contributed by atoms with Gasteiger partial charge >= 0.3 is 11.4 Å². The molecule has 4 aliphatic rings. The molecule has 0 radical (unpaired) electrons. The van der Waals surface area contributed by atoms with E-state index in [1.54, 1.807) is 30.3 Å². The maximum absolute atomic E-state index is 15.6. The van der Waals surface area contributed by atoms with Crippen LogP contribution < -0.4 is 24.7 Å². The number of rotatable bonds is 10. The molecule has 6 unspecified atom stereocenters. The first-order chi connectivity index (χ1) is 29.4. The van der Waals surface area contributed by atoms with Gasteiger partial charge in [0.15, 0.2) is 17.2 Å². The largest absolute Gasteiger partial charge is 0.503 e. The molecule has 6 atom stereocenters. The zero-order valence-corrected chi connectivity index (χ0v) is 35.4. The summed E-state index contributed by atoms with van der Waals surface area (Å²) in [7, 11) is 5.57. The Bertz CT molecular complexity index is 2640. The minimum atomic E-state index is -1.79. The van der Waals surface area contributed by atoms with E-state index >= 15 is 9.59 Å². The van der Waals surface area contributed by atoms with Crippen molar-refractivity contribution < 1.29 is 43.6 Å². The minimum absolute atomic E-state index is 0.0484. The van der Waals surface area contributed by atoms with E-state index in [-0.39, 0.29) is 51.4 Å². The number of methoxy groups -OCH3 is 2. The maximum Gasteiger partial charge on any atom is 0.301 e. The van der Waals surface area contributed by atoms with Crippen LogP contribution in [-0.2, 0) is 24.6 Å². The minimum Gasteiger partial charge on any atom is -0.503 e.